The fourth-order valence-electron chi connectivity index (χ4n) is 2.16. The van der Waals surface area contributed by atoms with Gasteiger partial charge in [0.25, 0.3) is 0 Å². The molecule has 0 spiro atoms. The molecule has 1 aliphatic rings. The van der Waals surface area contributed by atoms with Crippen molar-refractivity contribution in [2.45, 2.75) is 13.0 Å². The summed E-state index contributed by atoms with van der Waals surface area (Å²) in [6.45, 7) is 0.530. The molecule has 18 heavy (non-hydrogen) atoms. The number of imide groups is 1. The minimum Gasteiger partial charge on any atom is -0.452 e. The van der Waals surface area contributed by atoms with Crippen LogP contribution in [0, 0.1) is 0 Å². The molecule has 0 N–H and O–H groups in total. The number of benzene rings is 1. The second kappa shape index (κ2) is 3.83. The van der Waals surface area contributed by atoms with E-state index in [4.69, 9.17) is 0 Å². The van der Waals surface area contributed by atoms with Gasteiger partial charge in [-0.3, -0.25) is 4.79 Å². The second-order valence-corrected chi connectivity index (χ2v) is 4.00. The molecule has 6 heteroatoms. The first-order valence-electron chi connectivity index (χ1n) is 5.58. The normalized spacial score (nSPS) is 14.7. The summed E-state index contributed by atoms with van der Waals surface area (Å²) >= 11 is 0. The summed E-state index contributed by atoms with van der Waals surface area (Å²) < 4.78 is 6.48. The Bertz CT molecular complexity index is 647. The van der Waals surface area contributed by atoms with Crippen LogP contribution in [0.4, 0.5) is 10.7 Å². The van der Waals surface area contributed by atoms with E-state index in [0.29, 0.717) is 12.5 Å². The van der Waals surface area contributed by atoms with Crippen LogP contribution in [0.5, 0.6) is 0 Å². The Kier molecular flexibility index (Phi) is 2.29. The van der Waals surface area contributed by atoms with Crippen LogP contribution in [0.2, 0.25) is 0 Å². The van der Waals surface area contributed by atoms with E-state index in [1.165, 1.54) is 7.11 Å². The van der Waals surface area contributed by atoms with Crippen molar-refractivity contribution in [1.82, 2.24) is 9.55 Å². The number of hydrogen-bond acceptors (Lipinski definition) is 4. The molecule has 1 aliphatic heterocycles. The molecule has 0 fully saturated rings. The van der Waals surface area contributed by atoms with Crippen LogP contribution in [0.3, 0.4) is 0 Å². The summed E-state index contributed by atoms with van der Waals surface area (Å²) in [6, 6.07) is 7.53. The average molecular weight is 245 g/mol. The van der Waals surface area contributed by atoms with Crippen molar-refractivity contribution in [3.05, 3.63) is 24.3 Å². The van der Waals surface area contributed by atoms with E-state index < -0.39 is 6.09 Å². The standard InChI is InChI=1S/C12H11N3O3/c1-18-12(17)15-10(16)6-7-14-9-5-3-2-4-8(9)13-11(14)15/h2-5H,6-7H2,1H3. The van der Waals surface area contributed by atoms with Crippen LogP contribution in [0.1, 0.15) is 6.42 Å². The SMILES string of the molecule is COC(=O)N1C(=O)CCn2c1nc1ccccc12. The average Bonchev–Trinajstić information content (AvgIpc) is 2.76. The number of aryl methyl sites for hydroxylation is 1. The largest absolute Gasteiger partial charge is 0.452 e. The van der Waals surface area contributed by atoms with Gasteiger partial charge < -0.3 is 9.30 Å². The highest BCUT2D eigenvalue weighted by molar-refractivity contribution is 6.12. The van der Waals surface area contributed by atoms with Crippen LogP contribution in [-0.4, -0.2) is 28.7 Å². The lowest BCUT2D eigenvalue weighted by Gasteiger charge is -2.24. The zero-order valence-electron chi connectivity index (χ0n) is 9.79. The monoisotopic (exact) mass is 245 g/mol. The van der Waals surface area contributed by atoms with Gasteiger partial charge in [-0.2, -0.15) is 4.90 Å². The predicted octanol–water partition coefficient (Wildman–Crippen LogP) is 1.54. The number of carbonyl (C=O) groups is 2. The summed E-state index contributed by atoms with van der Waals surface area (Å²) in [5, 5.41) is 0. The quantitative estimate of drug-likeness (QED) is 0.706. The lowest BCUT2D eigenvalue weighted by Crippen LogP contribution is -2.42. The third-order valence-electron chi connectivity index (χ3n) is 2.99. The lowest BCUT2D eigenvalue weighted by molar-refractivity contribution is -0.119. The van der Waals surface area contributed by atoms with Crippen molar-refractivity contribution in [2.24, 2.45) is 0 Å². The van der Waals surface area contributed by atoms with Gasteiger partial charge in [0.1, 0.15) is 0 Å². The molecular formula is C12H11N3O3. The number of aromatic nitrogens is 2. The number of hydrogen-bond donors (Lipinski definition) is 0. The smallest absolute Gasteiger partial charge is 0.423 e. The zero-order chi connectivity index (χ0) is 12.7. The minimum atomic E-state index is -0.698. The Morgan fingerprint density at radius 2 is 2.17 bits per heavy atom. The van der Waals surface area contributed by atoms with Gasteiger partial charge in [-0.1, -0.05) is 12.1 Å². The number of para-hydroxylation sites is 2. The van der Waals surface area contributed by atoms with E-state index in [2.05, 4.69) is 9.72 Å². The highest BCUT2D eigenvalue weighted by atomic mass is 16.5. The molecule has 2 heterocycles. The van der Waals surface area contributed by atoms with Gasteiger partial charge in [0, 0.05) is 13.0 Å². The molecule has 0 atom stereocenters. The molecule has 2 aromatic rings. The maximum atomic E-state index is 11.8. The van der Waals surface area contributed by atoms with E-state index >= 15 is 0 Å². The van der Waals surface area contributed by atoms with Gasteiger partial charge in [0.2, 0.25) is 11.9 Å². The summed E-state index contributed by atoms with van der Waals surface area (Å²) in [4.78, 5) is 28.8. The molecule has 6 nitrogen and oxygen atoms in total. The molecule has 0 saturated carbocycles. The molecule has 0 saturated heterocycles. The molecule has 0 bridgehead atoms. The van der Waals surface area contributed by atoms with Crippen molar-refractivity contribution in [3.63, 3.8) is 0 Å². The van der Waals surface area contributed by atoms with Crippen molar-refractivity contribution < 1.29 is 14.3 Å². The van der Waals surface area contributed by atoms with Crippen LogP contribution in [0.25, 0.3) is 11.0 Å². The molecule has 1 aromatic carbocycles. The molecule has 3 rings (SSSR count). The van der Waals surface area contributed by atoms with Crippen molar-refractivity contribution in [1.29, 1.82) is 0 Å². The third kappa shape index (κ3) is 1.38. The Morgan fingerprint density at radius 3 is 2.94 bits per heavy atom. The number of imidazole rings is 1. The molecule has 0 radical (unpaired) electrons. The number of anilines is 1. The van der Waals surface area contributed by atoms with Crippen LogP contribution >= 0.6 is 0 Å². The fraction of sp³-hybridized carbons (Fsp3) is 0.250. The van der Waals surface area contributed by atoms with E-state index in [1.807, 2.05) is 28.8 Å². The summed E-state index contributed by atoms with van der Waals surface area (Å²) in [6.07, 6.45) is -0.432. The van der Waals surface area contributed by atoms with E-state index in [0.717, 1.165) is 15.9 Å². The molecule has 1 aromatic heterocycles. The van der Waals surface area contributed by atoms with Gasteiger partial charge >= 0.3 is 6.09 Å². The fourth-order valence-corrected chi connectivity index (χ4v) is 2.16. The van der Waals surface area contributed by atoms with Gasteiger partial charge in [0.15, 0.2) is 0 Å². The van der Waals surface area contributed by atoms with Crippen LogP contribution in [0.15, 0.2) is 24.3 Å². The summed E-state index contributed by atoms with van der Waals surface area (Å²) in [5.74, 6) is 0.0453. The predicted molar refractivity (Wildman–Crippen MR) is 64.2 cm³/mol. The second-order valence-electron chi connectivity index (χ2n) is 4.00. The molecule has 0 aliphatic carbocycles. The first-order chi connectivity index (χ1) is 8.72. The summed E-state index contributed by atoms with van der Waals surface area (Å²) in [5.41, 5.74) is 1.67. The van der Waals surface area contributed by atoms with Gasteiger partial charge in [-0.15, -0.1) is 0 Å². The van der Waals surface area contributed by atoms with Crippen molar-refractivity contribution >= 4 is 29.0 Å². The number of methoxy groups -OCH3 is 1. The highest BCUT2D eigenvalue weighted by Gasteiger charge is 2.33. The van der Waals surface area contributed by atoms with Crippen LogP contribution < -0.4 is 4.90 Å². The third-order valence-corrected chi connectivity index (χ3v) is 2.99. The first kappa shape index (κ1) is 10.8. The molecular weight excluding hydrogens is 234 g/mol. The number of rotatable bonds is 0. The zero-order valence-corrected chi connectivity index (χ0v) is 9.79. The molecule has 2 amide bonds. The van der Waals surface area contributed by atoms with Gasteiger partial charge in [0.05, 0.1) is 18.1 Å². The topological polar surface area (TPSA) is 64.4 Å². The van der Waals surface area contributed by atoms with E-state index in [1.54, 1.807) is 0 Å². The van der Waals surface area contributed by atoms with Crippen LogP contribution in [-0.2, 0) is 16.1 Å². The summed E-state index contributed by atoms with van der Waals surface area (Å²) in [7, 11) is 1.25. The van der Waals surface area contributed by atoms with Crippen molar-refractivity contribution in [3.8, 4) is 0 Å². The number of carbonyl (C=O) groups excluding carboxylic acids is 2. The van der Waals surface area contributed by atoms with E-state index in [9.17, 15) is 9.59 Å². The number of amides is 2. The Morgan fingerprint density at radius 1 is 1.39 bits per heavy atom. The molecule has 0 unspecified atom stereocenters. The number of ether oxygens (including phenoxy) is 1. The van der Waals surface area contributed by atoms with Gasteiger partial charge in [-0.25, -0.2) is 9.78 Å². The Balaban J connectivity index is 2.22. The van der Waals surface area contributed by atoms with Gasteiger partial charge in [-0.05, 0) is 12.1 Å². The Labute approximate surface area is 103 Å². The number of nitrogens with zero attached hydrogens (tertiary/aromatic N) is 3. The lowest BCUT2D eigenvalue weighted by atomic mass is 10.3. The highest BCUT2D eigenvalue weighted by Crippen LogP contribution is 2.27. The number of fused-ring (bicyclic) bond motifs is 3. The maximum Gasteiger partial charge on any atom is 0.423 e. The molecule has 92 valence electrons. The van der Waals surface area contributed by atoms with E-state index in [-0.39, 0.29) is 12.3 Å². The maximum absolute atomic E-state index is 11.8. The Hall–Kier alpha value is -2.37. The van der Waals surface area contributed by atoms with Crippen molar-refractivity contribution in [2.75, 3.05) is 12.0 Å². The first-order valence-corrected chi connectivity index (χ1v) is 5.58. The minimum absolute atomic E-state index is 0.266.